The van der Waals surface area contributed by atoms with E-state index in [0.717, 1.165) is 0 Å². The van der Waals surface area contributed by atoms with Gasteiger partial charge in [-0.15, -0.1) is 0 Å². The number of rotatable bonds is 7. The van der Waals surface area contributed by atoms with E-state index < -0.39 is 44.2 Å². The zero-order chi connectivity index (χ0) is 13.9. The quantitative estimate of drug-likeness (QED) is 0.190. The Balaban J connectivity index is -0.0000000610. The first-order valence-electron chi connectivity index (χ1n) is 3.92. The van der Waals surface area contributed by atoms with Crippen LogP contribution in [0.5, 0.6) is 0 Å². The fourth-order valence-corrected chi connectivity index (χ4v) is 1.70. The predicted molar refractivity (Wildman–Crippen MR) is 91.0 cm³/mol. The third-order valence-electron chi connectivity index (χ3n) is 1.56. The number of phosphoric ester groups is 1. The Hall–Kier alpha value is 3.44. The molecule has 0 spiro atoms. The van der Waals surface area contributed by atoms with Gasteiger partial charge in [-0.1, -0.05) is 0 Å². The normalized spacial score (nSPS) is 8.58. The maximum absolute atomic E-state index is 10.8. The van der Waals surface area contributed by atoms with Gasteiger partial charge in [-0.3, -0.25) is 14.1 Å². The molecule has 0 aliphatic heterocycles. The summed E-state index contributed by atoms with van der Waals surface area (Å²) in [6.07, 6.45) is -2.81. The molecule has 0 rings (SSSR count). The van der Waals surface area contributed by atoms with Gasteiger partial charge in [0, 0.05) is 0 Å². The van der Waals surface area contributed by atoms with Crippen molar-refractivity contribution in [2.45, 2.75) is 18.4 Å². The van der Waals surface area contributed by atoms with Gasteiger partial charge in [0.15, 0.2) is 5.60 Å². The second-order valence-electron chi connectivity index (χ2n) is 3.02. The van der Waals surface area contributed by atoms with Crippen molar-refractivity contribution < 1.29 is 59.5 Å². The van der Waals surface area contributed by atoms with Gasteiger partial charge in [-0.25, -0.2) is 9.36 Å². The molecule has 24 heavy (non-hydrogen) atoms. The molecule has 0 aromatic carbocycles. The van der Waals surface area contributed by atoms with Gasteiger partial charge in [-0.05, 0) is 0 Å². The van der Waals surface area contributed by atoms with E-state index in [0.29, 0.717) is 0 Å². The number of phosphoric acid groups is 1. The molecule has 9 N–H and O–H groups in total. The van der Waals surface area contributed by atoms with Crippen LogP contribution in [0, 0.1) is 0 Å². The van der Waals surface area contributed by atoms with Crippen LogP contribution in [-0.2, 0) is 23.5 Å². The minimum absolute atomic E-state index is 0. The molecule has 124 valence electrons. The summed E-state index contributed by atoms with van der Waals surface area (Å²) in [7, 11) is -5.36. The van der Waals surface area contributed by atoms with Crippen molar-refractivity contribution >= 4 is 174 Å². The van der Waals surface area contributed by atoms with E-state index in [-0.39, 0.29) is 159 Å². The van der Waals surface area contributed by atoms with Crippen LogP contribution in [0.2, 0.25) is 0 Å². The topological polar surface area (TPSA) is 242 Å². The van der Waals surface area contributed by atoms with Crippen LogP contribution in [0.4, 0.5) is 0 Å². The molecule has 12 nitrogen and oxygen atoms in total. The fraction of sp³-hybridized carbons (Fsp3) is 0.500. The number of carboxylic acid groups (broad SMARTS) is 3. The first-order chi connectivity index (χ1) is 7.48. The van der Waals surface area contributed by atoms with Crippen molar-refractivity contribution in [1.29, 1.82) is 0 Å². The fourth-order valence-electron chi connectivity index (χ4n) is 1.03. The van der Waals surface area contributed by atoms with E-state index in [1.807, 2.05) is 0 Å². The summed E-state index contributed by atoms with van der Waals surface area (Å²) >= 11 is 0. The van der Waals surface area contributed by atoms with Crippen LogP contribution in [0.1, 0.15) is 12.8 Å². The molecule has 0 unspecified atom stereocenters. The van der Waals surface area contributed by atoms with Gasteiger partial charge in [0.1, 0.15) is 0 Å². The predicted octanol–water partition coefficient (Wildman–Crippen LogP) is -6.02. The van der Waals surface area contributed by atoms with Crippen LogP contribution in [0.25, 0.3) is 0 Å². The van der Waals surface area contributed by atoms with E-state index >= 15 is 0 Å². The van der Waals surface area contributed by atoms with Crippen LogP contribution >= 0.6 is 7.82 Å². The van der Waals surface area contributed by atoms with Crippen molar-refractivity contribution in [2.24, 2.45) is 0 Å². The van der Waals surface area contributed by atoms with Crippen molar-refractivity contribution in [2.75, 3.05) is 0 Å². The molecule has 0 fully saturated rings. The molecule has 0 bridgehead atoms. The van der Waals surface area contributed by atoms with Crippen molar-refractivity contribution in [3.05, 3.63) is 0 Å². The summed E-state index contributed by atoms with van der Waals surface area (Å²) in [4.78, 5) is 48.5. The second kappa shape index (κ2) is 22.7. The van der Waals surface area contributed by atoms with Crippen LogP contribution in [0.3, 0.4) is 0 Å². The van der Waals surface area contributed by atoms with E-state index in [1.54, 1.807) is 0 Å². The average molecular weight is 428 g/mol. The number of aliphatic carboxylic acids is 3. The molecule has 0 aromatic rings. The third-order valence-corrected chi connectivity index (χ3v) is 2.14. The van der Waals surface area contributed by atoms with Gasteiger partial charge in [-0.2, -0.15) is 0 Å². The van der Waals surface area contributed by atoms with Gasteiger partial charge in [0.05, 0.1) is 12.8 Å². The summed E-state index contributed by atoms with van der Waals surface area (Å²) in [6.45, 7) is 0. The molecule has 0 radical (unpaired) electrons. The zero-order valence-corrected chi connectivity index (χ0v) is 10.0. The minimum atomic E-state index is -5.36. The molecule has 0 aromatic heterocycles. The van der Waals surface area contributed by atoms with Crippen LogP contribution in [0.15, 0.2) is 0 Å². The third kappa shape index (κ3) is 23.5. The van der Waals surface area contributed by atoms with Crippen molar-refractivity contribution in [1.82, 2.24) is 0 Å². The number of carbonyl (C=O) groups is 3. The summed E-state index contributed by atoms with van der Waals surface area (Å²) in [5.74, 6) is -5.64. The van der Waals surface area contributed by atoms with E-state index in [1.165, 1.54) is 0 Å². The number of carboxylic acids is 3. The van der Waals surface area contributed by atoms with Crippen LogP contribution in [-0.4, -0.2) is 207 Å². The van der Waals surface area contributed by atoms with Crippen molar-refractivity contribution in [3.63, 3.8) is 0 Å². The molecule has 0 heterocycles. The molecule has 0 saturated carbocycles. The summed E-state index contributed by atoms with van der Waals surface area (Å²) in [5, 5.41) is 25.5. The molecular weight excluding hydrogens is 410 g/mol. The van der Waals surface area contributed by atoms with Gasteiger partial charge in [0.2, 0.25) is 0 Å². The first kappa shape index (κ1) is 50.8. The molecule has 0 aliphatic rings. The van der Waals surface area contributed by atoms with Gasteiger partial charge < -0.3 is 36.1 Å². The summed E-state index contributed by atoms with van der Waals surface area (Å²) in [5.41, 5.74) is -3.02. The van der Waals surface area contributed by atoms with Crippen LogP contribution < -0.4 is 0 Å². The Labute approximate surface area is 247 Å². The Morgan fingerprint density at radius 1 is 0.792 bits per heavy atom. The maximum atomic E-state index is 10.8. The standard InChI is InChI=1S/C6H9O10P.5Na.2H2O.5H/c7-3(8)1-6(5(11)12,2-4(9)10)16-17(13,14)15;;;;;;;;;;;;/h1-2H2,(H,7,8)(H,9,10)(H,11,12)(H2,13,14,15);;;;;;2*1H2;;;;;. The molecule has 0 amide bonds. The Morgan fingerprint density at radius 3 is 1.17 bits per heavy atom. The Morgan fingerprint density at radius 2 is 1.04 bits per heavy atom. The molecule has 0 atom stereocenters. The second-order valence-corrected chi connectivity index (χ2v) is 4.19. The summed E-state index contributed by atoms with van der Waals surface area (Å²) in [6, 6.07) is 0. The monoisotopic (exact) mass is 428 g/mol. The molecule has 0 saturated heterocycles. The molecular formula is C6H18Na5O12P. The Bertz CT molecular complexity index is 383. The zero-order valence-electron chi connectivity index (χ0n) is 9.14. The van der Waals surface area contributed by atoms with E-state index in [2.05, 4.69) is 4.52 Å². The molecule has 0 aliphatic carbocycles. The number of hydrogen-bond donors (Lipinski definition) is 5. The summed E-state index contributed by atoms with van der Waals surface area (Å²) < 4.78 is 14.4. The SMILES string of the molecule is O.O.O=C(O)CC(CC(=O)O)(OP(=O)(O)O)C(=O)O.[NaH].[NaH].[NaH].[NaH].[NaH]. The van der Waals surface area contributed by atoms with E-state index in [4.69, 9.17) is 25.1 Å². The van der Waals surface area contributed by atoms with Crippen molar-refractivity contribution in [3.8, 4) is 0 Å². The molecule has 18 heteroatoms. The number of hydrogen-bond acceptors (Lipinski definition) is 5. The van der Waals surface area contributed by atoms with Gasteiger partial charge in [0.25, 0.3) is 0 Å². The average Bonchev–Trinajstić information content (AvgIpc) is 1.96. The first-order valence-corrected chi connectivity index (χ1v) is 5.45. The Kier molecular flexibility index (Phi) is 48.1. The van der Waals surface area contributed by atoms with Gasteiger partial charge >= 0.3 is 174 Å². The van der Waals surface area contributed by atoms with E-state index in [9.17, 15) is 18.9 Å².